The van der Waals surface area contributed by atoms with Crippen LogP contribution in [0.25, 0.3) is 0 Å². The molecule has 0 radical (unpaired) electrons. The minimum absolute atomic E-state index is 0.163. The standard InChI is InChI=1S/C11H16BrNO4S2/c12-11-10(5-9(6-14)18-11)19(15,16)13-3-4-17-7-8-1-2-8/h5,8,13-14H,1-4,6-7H2. The number of sulfonamides is 1. The molecular formula is C11H16BrNO4S2. The molecular weight excluding hydrogens is 354 g/mol. The van der Waals surface area contributed by atoms with Gasteiger partial charge in [-0.05, 0) is 40.8 Å². The molecule has 1 aromatic rings. The maximum absolute atomic E-state index is 12.0. The molecule has 108 valence electrons. The number of hydrogen-bond donors (Lipinski definition) is 2. The fourth-order valence-electron chi connectivity index (χ4n) is 1.52. The lowest BCUT2D eigenvalue weighted by Gasteiger charge is -2.06. The van der Waals surface area contributed by atoms with Crippen molar-refractivity contribution in [3.63, 3.8) is 0 Å². The SMILES string of the molecule is O=S(=O)(NCCOCC1CC1)c1cc(CO)sc1Br. The van der Waals surface area contributed by atoms with Crippen LogP contribution in [0.2, 0.25) is 0 Å². The number of halogens is 1. The van der Waals surface area contributed by atoms with Crippen molar-refractivity contribution in [2.75, 3.05) is 19.8 Å². The van der Waals surface area contributed by atoms with Crippen molar-refractivity contribution in [1.29, 1.82) is 0 Å². The number of hydrogen-bond acceptors (Lipinski definition) is 5. The summed E-state index contributed by atoms with van der Waals surface area (Å²) in [6.07, 6.45) is 2.44. The Morgan fingerprint density at radius 1 is 1.53 bits per heavy atom. The molecule has 0 aliphatic heterocycles. The van der Waals surface area contributed by atoms with Crippen molar-refractivity contribution in [2.24, 2.45) is 5.92 Å². The van der Waals surface area contributed by atoms with Gasteiger partial charge >= 0.3 is 0 Å². The van der Waals surface area contributed by atoms with Gasteiger partial charge in [-0.1, -0.05) is 0 Å². The Kier molecular flexibility index (Phi) is 5.38. The van der Waals surface area contributed by atoms with Gasteiger partial charge in [0.15, 0.2) is 0 Å². The van der Waals surface area contributed by atoms with Crippen LogP contribution in [0.4, 0.5) is 0 Å². The van der Waals surface area contributed by atoms with Crippen molar-refractivity contribution in [3.8, 4) is 0 Å². The van der Waals surface area contributed by atoms with E-state index >= 15 is 0 Å². The first kappa shape index (κ1) is 15.4. The molecule has 1 aliphatic rings. The summed E-state index contributed by atoms with van der Waals surface area (Å²) >= 11 is 4.41. The van der Waals surface area contributed by atoms with Gasteiger partial charge in [0.2, 0.25) is 10.0 Å². The molecule has 0 amide bonds. The number of thiophene rings is 1. The summed E-state index contributed by atoms with van der Waals surface area (Å²) in [5.74, 6) is 0.676. The monoisotopic (exact) mass is 369 g/mol. The van der Waals surface area contributed by atoms with Crippen molar-refractivity contribution < 1.29 is 18.3 Å². The lowest BCUT2D eigenvalue weighted by molar-refractivity contribution is 0.129. The molecule has 0 saturated heterocycles. The highest BCUT2D eigenvalue weighted by Gasteiger charge is 2.22. The van der Waals surface area contributed by atoms with Gasteiger partial charge in [-0.2, -0.15) is 0 Å². The quantitative estimate of drug-likeness (QED) is 0.683. The summed E-state index contributed by atoms with van der Waals surface area (Å²) in [5.41, 5.74) is 0. The van der Waals surface area contributed by atoms with Gasteiger partial charge in [0.1, 0.15) is 4.90 Å². The van der Waals surface area contributed by atoms with Gasteiger partial charge in [0.05, 0.1) is 17.0 Å². The second kappa shape index (κ2) is 6.64. The number of ether oxygens (including phenoxy) is 1. The number of aliphatic hydroxyl groups is 1. The number of rotatable bonds is 8. The fraction of sp³-hybridized carbons (Fsp3) is 0.636. The van der Waals surface area contributed by atoms with E-state index in [2.05, 4.69) is 20.7 Å². The summed E-state index contributed by atoms with van der Waals surface area (Å²) in [5, 5.41) is 9.00. The summed E-state index contributed by atoms with van der Waals surface area (Å²) in [7, 11) is -3.54. The van der Waals surface area contributed by atoms with Crippen LogP contribution in [-0.2, 0) is 21.4 Å². The van der Waals surface area contributed by atoms with Crippen molar-refractivity contribution >= 4 is 37.3 Å². The predicted octanol–water partition coefficient (Wildman–Crippen LogP) is 1.71. The van der Waals surface area contributed by atoms with Crippen molar-refractivity contribution in [3.05, 3.63) is 14.7 Å². The fourth-order valence-corrected chi connectivity index (χ4v) is 5.07. The highest BCUT2D eigenvalue weighted by atomic mass is 79.9. The predicted molar refractivity (Wildman–Crippen MR) is 76.7 cm³/mol. The molecule has 2 rings (SSSR count). The second-order valence-corrected chi connectivity index (χ2v) is 8.61. The molecule has 5 nitrogen and oxygen atoms in total. The van der Waals surface area contributed by atoms with Gasteiger partial charge in [-0.3, -0.25) is 0 Å². The zero-order chi connectivity index (χ0) is 13.9. The summed E-state index contributed by atoms with van der Waals surface area (Å²) in [6.45, 7) is 1.19. The Bertz CT molecular complexity index is 525. The minimum atomic E-state index is -3.54. The topological polar surface area (TPSA) is 75.6 Å². The molecule has 2 N–H and O–H groups in total. The van der Waals surface area contributed by atoms with Crippen LogP contribution in [0.15, 0.2) is 14.7 Å². The third-order valence-corrected chi connectivity index (χ3v) is 6.44. The van der Waals surface area contributed by atoms with Gasteiger partial charge in [0, 0.05) is 18.0 Å². The van der Waals surface area contributed by atoms with Crippen molar-refractivity contribution in [2.45, 2.75) is 24.3 Å². The molecule has 1 aromatic heterocycles. The van der Waals surface area contributed by atoms with E-state index in [9.17, 15) is 8.42 Å². The lowest BCUT2D eigenvalue weighted by Crippen LogP contribution is -2.27. The zero-order valence-corrected chi connectivity index (χ0v) is 13.5. The van der Waals surface area contributed by atoms with Crippen LogP contribution < -0.4 is 4.72 Å². The maximum Gasteiger partial charge on any atom is 0.242 e. The molecule has 8 heteroatoms. The first-order valence-corrected chi connectivity index (χ1v) is 9.08. The molecule has 0 unspecified atom stereocenters. The minimum Gasteiger partial charge on any atom is -0.391 e. The van der Waals surface area contributed by atoms with Crippen molar-refractivity contribution in [1.82, 2.24) is 4.72 Å². The van der Waals surface area contributed by atoms with Crippen LogP contribution in [0.5, 0.6) is 0 Å². The largest absolute Gasteiger partial charge is 0.391 e. The van der Waals surface area contributed by atoms with E-state index in [1.165, 1.54) is 30.2 Å². The molecule has 19 heavy (non-hydrogen) atoms. The highest BCUT2D eigenvalue weighted by Crippen LogP contribution is 2.31. The third kappa shape index (κ3) is 4.51. The summed E-state index contributed by atoms with van der Waals surface area (Å²) in [6, 6.07) is 1.47. The van der Waals surface area contributed by atoms with E-state index in [0.29, 0.717) is 21.2 Å². The molecule has 1 saturated carbocycles. The van der Waals surface area contributed by atoms with E-state index in [-0.39, 0.29) is 18.0 Å². The van der Waals surface area contributed by atoms with E-state index < -0.39 is 10.0 Å². The summed E-state index contributed by atoms with van der Waals surface area (Å²) in [4.78, 5) is 0.779. The third-order valence-electron chi connectivity index (χ3n) is 2.74. The second-order valence-electron chi connectivity index (χ2n) is 4.42. The maximum atomic E-state index is 12.0. The van der Waals surface area contributed by atoms with Gasteiger partial charge in [0.25, 0.3) is 0 Å². The van der Waals surface area contributed by atoms with E-state index in [1.807, 2.05) is 0 Å². The van der Waals surface area contributed by atoms with Crippen LogP contribution >= 0.6 is 27.3 Å². The summed E-state index contributed by atoms with van der Waals surface area (Å²) < 4.78 is 32.4. The van der Waals surface area contributed by atoms with Crippen LogP contribution in [0.3, 0.4) is 0 Å². The molecule has 1 aliphatic carbocycles. The average molecular weight is 370 g/mol. The Balaban J connectivity index is 1.83. The Labute approximate surface area is 125 Å². The molecule has 0 aromatic carbocycles. The molecule has 0 bridgehead atoms. The smallest absolute Gasteiger partial charge is 0.242 e. The first-order chi connectivity index (χ1) is 9.03. The molecule has 1 fully saturated rings. The lowest BCUT2D eigenvalue weighted by atomic mass is 10.5. The van der Waals surface area contributed by atoms with Gasteiger partial charge in [-0.15, -0.1) is 11.3 Å². The number of aliphatic hydroxyl groups excluding tert-OH is 1. The van der Waals surface area contributed by atoms with E-state index in [1.54, 1.807) is 0 Å². The van der Waals surface area contributed by atoms with Gasteiger partial charge < -0.3 is 9.84 Å². The van der Waals surface area contributed by atoms with Crippen LogP contribution in [-0.4, -0.2) is 33.3 Å². The van der Waals surface area contributed by atoms with Gasteiger partial charge in [-0.25, -0.2) is 13.1 Å². The Morgan fingerprint density at radius 2 is 2.26 bits per heavy atom. The van der Waals surface area contributed by atoms with Crippen LogP contribution in [0, 0.1) is 5.92 Å². The Morgan fingerprint density at radius 3 is 2.84 bits per heavy atom. The molecule has 0 spiro atoms. The Hall–Kier alpha value is 0.01000. The van der Waals surface area contributed by atoms with E-state index in [4.69, 9.17) is 9.84 Å². The molecule has 0 atom stereocenters. The zero-order valence-electron chi connectivity index (χ0n) is 10.3. The van der Waals surface area contributed by atoms with Crippen LogP contribution in [0.1, 0.15) is 17.7 Å². The molecule has 1 heterocycles. The average Bonchev–Trinajstić information content (AvgIpc) is 3.10. The highest BCUT2D eigenvalue weighted by molar-refractivity contribution is 9.11. The normalized spacial score (nSPS) is 15.9. The first-order valence-electron chi connectivity index (χ1n) is 5.99. The van der Waals surface area contributed by atoms with E-state index in [0.717, 1.165) is 6.61 Å². The number of nitrogens with one attached hydrogen (secondary N) is 1.